The van der Waals surface area contributed by atoms with Gasteiger partial charge >= 0.3 is 0 Å². The molecule has 1 aromatic heterocycles. The molecule has 3 aromatic carbocycles. The minimum absolute atomic E-state index is 0.142. The third-order valence-corrected chi connectivity index (χ3v) is 11.3. The van der Waals surface area contributed by atoms with Crippen molar-refractivity contribution in [2.45, 2.75) is 70.1 Å². The fourth-order valence-corrected chi connectivity index (χ4v) is 9.01. The Morgan fingerprint density at radius 3 is 2.67 bits per heavy atom. The Labute approximate surface area is 265 Å². The quantitative estimate of drug-likeness (QED) is 0.259. The number of furan rings is 1. The van der Waals surface area contributed by atoms with Gasteiger partial charge in [-0.15, -0.1) is 0 Å². The van der Waals surface area contributed by atoms with Gasteiger partial charge in [0.25, 0.3) is 0 Å². The van der Waals surface area contributed by atoms with E-state index in [4.69, 9.17) is 4.42 Å². The summed E-state index contributed by atoms with van der Waals surface area (Å²) >= 11 is 0. The van der Waals surface area contributed by atoms with Crippen LogP contribution in [0.4, 0.5) is 5.69 Å². The lowest BCUT2D eigenvalue weighted by molar-refractivity contribution is 0.292. The molecule has 1 fully saturated rings. The summed E-state index contributed by atoms with van der Waals surface area (Å²) in [6.07, 6.45) is 29.0. The maximum atomic E-state index is 6.41. The number of allylic oxidation sites excluding steroid dienone is 7. The van der Waals surface area contributed by atoms with Crippen LogP contribution in [-0.2, 0) is 25.7 Å². The van der Waals surface area contributed by atoms with E-state index in [-0.39, 0.29) is 12.3 Å². The van der Waals surface area contributed by atoms with Crippen LogP contribution in [0.3, 0.4) is 0 Å². The number of rotatable bonds is 3. The standard InChI is InChI=1S/C42H38N2O/c1-3-10-29-24-31(18-16-26(29)8-1)41-43-42(32-19-17-27-9-2-4-11-30(27)25-32)44(41)36-14-7-13-34-33(36)22-20-28-21-23-38-40(39(28)34)35-12-5-6-15-37(35)45-38/h1,4,6-8,11,13-19,21,23,25,29,41-43H,2-3,5,9-10,12,20,22,24H2. The van der Waals surface area contributed by atoms with Crippen LogP contribution < -0.4 is 10.2 Å². The Hall–Kier alpha value is -4.34. The molecule has 5 aliphatic carbocycles. The second kappa shape index (κ2) is 10.1. The molecule has 3 atom stereocenters. The van der Waals surface area contributed by atoms with E-state index in [2.05, 4.69) is 107 Å². The van der Waals surface area contributed by atoms with Crippen LogP contribution in [0, 0.1) is 5.92 Å². The number of fused-ring (bicyclic) bond motifs is 9. The number of anilines is 1. The molecule has 2 heterocycles. The molecule has 45 heavy (non-hydrogen) atoms. The Morgan fingerprint density at radius 2 is 1.67 bits per heavy atom. The van der Waals surface area contributed by atoms with E-state index in [1.807, 2.05) is 0 Å². The fraction of sp³-hybridized carbons (Fsp3) is 0.286. The summed E-state index contributed by atoms with van der Waals surface area (Å²) in [5.41, 5.74) is 16.8. The highest BCUT2D eigenvalue weighted by atomic mass is 16.3. The van der Waals surface area contributed by atoms with Gasteiger partial charge < -0.3 is 9.32 Å². The molecule has 1 saturated heterocycles. The van der Waals surface area contributed by atoms with Crippen molar-refractivity contribution < 1.29 is 4.42 Å². The van der Waals surface area contributed by atoms with Gasteiger partial charge in [-0.05, 0) is 138 Å². The molecule has 0 spiro atoms. The van der Waals surface area contributed by atoms with Crippen molar-refractivity contribution in [2.24, 2.45) is 5.92 Å². The van der Waals surface area contributed by atoms with Crippen LogP contribution in [0.2, 0.25) is 0 Å². The van der Waals surface area contributed by atoms with Crippen LogP contribution >= 0.6 is 0 Å². The normalized spacial score (nSPS) is 24.2. The summed E-state index contributed by atoms with van der Waals surface area (Å²) < 4.78 is 6.41. The minimum atomic E-state index is 0.142. The Morgan fingerprint density at radius 1 is 0.756 bits per heavy atom. The van der Waals surface area contributed by atoms with Crippen molar-refractivity contribution in [3.05, 3.63) is 135 Å². The van der Waals surface area contributed by atoms with Gasteiger partial charge in [0.05, 0.1) is 0 Å². The minimum Gasteiger partial charge on any atom is -0.456 e. The zero-order valence-electron chi connectivity index (χ0n) is 25.7. The maximum absolute atomic E-state index is 6.41. The van der Waals surface area contributed by atoms with Crippen LogP contribution in [-0.4, -0.2) is 6.17 Å². The van der Waals surface area contributed by atoms with E-state index < -0.39 is 0 Å². The molecule has 0 radical (unpaired) electrons. The molecule has 0 saturated carbocycles. The van der Waals surface area contributed by atoms with E-state index in [9.17, 15) is 0 Å². The summed E-state index contributed by atoms with van der Waals surface area (Å²) in [6, 6.07) is 18.8. The molecule has 0 bridgehead atoms. The SMILES string of the molecule is C1=Cc2cc(C3NC(C4=CC=C5C=CCCC5C4)N3c3cccc4c3CCc3ccc5oc6c(c5c3-4)CCC=C6)ccc2CC1. The lowest BCUT2D eigenvalue weighted by Crippen LogP contribution is -2.65. The van der Waals surface area contributed by atoms with E-state index in [0.717, 1.165) is 56.3 Å². The molecule has 3 nitrogen and oxygen atoms in total. The molecule has 0 amide bonds. The van der Waals surface area contributed by atoms with Crippen molar-refractivity contribution in [1.82, 2.24) is 5.32 Å². The van der Waals surface area contributed by atoms with Crippen LogP contribution in [0.5, 0.6) is 0 Å². The van der Waals surface area contributed by atoms with Gasteiger partial charge in [0.2, 0.25) is 0 Å². The molecule has 1 aliphatic heterocycles. The number of hydrogen-bond donors (Lipinski definition) is 1. The molecule has 3 heteroatoms. The molecule has 222 valence electrons. The van der Waals surface area contributed by atoms with Crippen molar-refractivity contribution in [1.29, 1.82) is 0 Å². The monoisotopic (exact) mass is 586 g/mol. The summed E-state index contributed by atoms with van der Waals surface area (Å²) in [7, 11) is 0. The van der Waals surface area contributed by atoms with Gasteiger partial charge in [-0.2, -0.15) is 0 Å². The van der Waals surface area contributed by atoms with Gasteiger partial charge in [0.1, 0.15) is 23.7 Å². The molecule has 6 aliphatic rings. The zero-order valence-corrected chi connectivity index (χ0v) is 25.7. The molecular formula is C42H38N2O. The third kappa shape index (κ3) is 3.99. The average Bonchev–Trinajstić information content (AvgIpc) is 3.47. The van der Waals surface area contributed by atoms with Gasteiger partial charge in [0.15, 0.2) is 0 Å². The number of nitrogens with zero attached hydrogens (tertiary/aromatic N) is 1. The first kappa shape index (κ1) is 25.9. The third-order valence-electron chi connectivity index (χ3n) is 11.3. The highest BCUT2D eigenvalue weighted by Gasteiger charge is 2.43. The summed E-state index contributed by atoms with van der Waals surface area (Å²) in [4.78, 5) is 2.72. The molecular weight excluding hydrogens is 548 g/mol. The lowest BCUT2D eigenvalue weighted by atomic mass is 9.78. The lowest BCUT2D eigenvalue weighted by Gasteiger charge is -2.54. The average molecular weight is 587 g/mol. The maximum Gasteiger partial charge on any atom is 0.135 e. The highest BCUT2D eigenvalue weighted by Crippen LogP contribution is 2.49. The summed E-state index contributed by atoms with van der Waals surface area (Å²) in [6.45, 7) is 0. The van der Waals surface area contributed by atoms with E-state index in [1.54, 1.807) is 0 Å². The molecule has 1 N–H and O–H groups in total. The van der Waals surface area contributed by atoms with Crippen molar-refractivity contribution in [3.63, 3.8) is 0 Å². The smallest absolute Gasteiger partial charge is 0.135 e. The summed E-state index contributed by atoms with van der Waals surface area (Å²) in [5.74, 6) is 1.69. The summed E-state index contributed by atoms with van der Waals surface area (Å²) in [5, 5.41) is 5.42. The number of nitrogens with one attached hydrogen (secondary N) is 1. The topological polar surface area (TPSA) is 28.4 Å². The van der Waals surface area contributed by atoms with E-state index in [1.165, 1.54) is 79.6 Å². The Balaban J connectivity index is 1.12. The largest absolute Gasteiger partial charge is 0.456 e. The molecule has 10 rings (SSSR count). The first-order valence-electron chi connectivity index (χ1n) is 17.1. The van der Waals surface area contributed by atoms with E-state index in [0.29, 0.717) is 5.92 Å². The number of benzene rings is 3. The van der Waals surface area contributed by atoms with E-state index >= 15 is 0 Å². The molecule has 3 unspecified atom stereocenters. The van der Waals surface area contributed by atoms with Crippen LogP contribution in [0.1, 0.15) is 77.4 Å². The second-order valence-electron chi connectivity index (χ2n) is 13.7. The van der Waals surface area contributed by atoms with Crippen molar-refractivity contribution >= 4 is 28.8 Å². The number of aryl methyl sites for hydroxylation is 3. The fourth-order valence-electron chi connectivity index (χ4n) is 9.01. The predicted molar refractivity (Wildman–Crippen MR) is 185 cm³/mol. The highest BCUT2D eigenvalue weighted by molar-refractivity contribution is 6.02. The first-order valence-corrected chi connectivity index (χ1v) is 17.1. The predicted octanol–water partition coefficient (Wildman–Crippen LogP) is 9.77. The second-order valence-corrected chi connectivity index (χ2v) is 13.7. The van der Waals surface area contributed by atoms with Crippen molar-refractivity contribution in [3.8, 4) is 11.1 Å². The van der Waals surface area contributed by atoms with Crippen LogP contribution in [0.15, 0.2) is 101 Å². The van der Waals surface area contributed by atoms with Gasteiger partial charge in [0, 0.05) is 16.6 Å². The Kier molecular flexibility index (Phi) is 5.81. The van der Waals surface area contributed by atoms with Crippen LogP contribution in [0.25, 0.3) is 34.2 Å². The zero-order chi connectivity index (χ0) is 29.5. The van der Waals surface area contributed by atoms with Crippen molar-refractivity contribution in [2.75, 3.05) is 4.90 Å². The first-order chi connectivity index (χ1) is 22.3. The van der Waals surface area contributed by atoms with Gasteiger partial charge in [-0.1, -0.05) is 72.9 Å². The van der Waals surface area contributed by atoms with Gasteiger partial charge in [-0.3, -0.25) is 5.32 Å². The van der Waals surface area contributed by atoms with Gasteiger partial charge in [-0.25, -0.2) is 0 Å². The number of hydrogen-bond acceptors (Lipinski definition) is 3. The Bertz CT molecular complexity index is 2050. The molecule has 4 aromatic rings.